The van der Waals surface area contributed by atoms with Gasteiger partial charge >= 0.3 is 6.18 Å². The molecular formula is C15H21ClF4N2O. The van der Waals surface area contributed by atoms with Crippen molar-refractivity contribution in [2.24, 2.45) is 0 Å². The number of nitrogens with zero attached hydrogens (tertiary/aromatic N) is 1. The Morgan fingerprint density at radius 2 is 1.87 bits per heavy atom. The van der Waals surface area contributed by atoms with E-state index in [0.717, 1.165) is 25.2 Å². The van der Waals surface area contributed by atoms with Gasteiger partial charge in [-0.25, -0.2) is 0 Å². The van der Waals surface area contributed by atoms with Gasteiger partial charge < -0.3 is 10.1 Å². The SMILES string of the molecule is COc1cc([C@H](CCF)N2CCNCC2)cc(C(F)(F)F)c1.Cl. The molecule has 2 rings (SSSR count). The topological polar surface area (TPSA) is 24.5 Å². The van der Waals surface area contributed by atoms with Gasteiger partial charge in [0.25, 0.3) is 0 Å². The summed E-state index contributed by atoms with van der Waals surface area (Å²) in [5.41, 5.74) is -0.313. The summed E-state index contributed by atoms with van der Waals surface area (Å²) in [6.45, 7) is 2.29. The molecule has 0 aliphatic carbocycles. The molecule has 0 radical (unpaired) electrons. The van der Waals surface area contributed by atoms with Crippen molar-refractivity contribution in [3.8, 4) is 5.75 Å². The van der Waals surface area contributed by atoms with Crippen LogP contribution in [0.1, 0.15) is 23.6 Å². The van der Waals surface area contributed by atoms with E-state index >= 15 is 0 Å². The maximum atomic E-state index is 13.0. The minimum absolute atomic E-state index is 0. The number of hydrogen-bond acceptors (Lipinski definition) is 3. The molecule has 1 heterocycles. The Bertz CT molecular complexity index is 493. The zero-order valence-corrected chi connectivity index (χ0v) is 13.6. The monoisotopic (exact) mass is 356 g/mol. The van der Waals surface area contributed by atoms with E-state index in [1.807, 2.05) is 4.90 Å². The summed E-state index contributed by atoms with van der Waals surface area (Å²) < 4.78 is 57.0. The number of methoxy groups -OCH3 is 1. The van der Waals surface area contributed by atoms with Gasteiger partial charge in [-0.3, -0.25) is 9.29 Å². The molecule has 0 amide bonds. The number of rotatable bonds is 5. The fourth-order valence-electron chi connectivity index (χ4n) is 2.75. The van der Waals surface area contributed by atoms with Crippen molar-refractivity contribution in [3.05, 3.63) is 29.3 Å². The highest BCUT2D eigenvalue weighted by Gasteiger charge is 2.33. The van der Waals surface area contributed by atoms with Crippen molar-refractivity contribution in [1.82, 2.24) is 10.2 Å². The molecule has 1 fully saturated rings. The second-order valence-corrected chi connectivity index (χ2v) is 5.27. The first-order valence-electron chi connectivity index (χ1n) is 7.22. The summed E-state index contributed by atoms with van der Waals surface area (Å²) in [6.07, 6.45) is -4.28. The Morgan fingerprint density at radius 1 is 1.22 bits per heavy atom. The lowest BCUT2D eigenvalue weighted by Crippen LogP contribution is -2.45. The first kappa shape index (κ1) is 20.0. The summed E-state index contributed by atoms with van der Waals surface area (Å²) in [5, 5.41) is 3.18. The molecule has 0 bridgehead atoms. The van der Waals surface area contributed by atoms with Gasteiger partial charge in [0.1, 0.15) is 5.75 Å². The van der Waals surface area contributed by atoms with E-state index in [0.29, 0.717) is 18.7 Å². The number of hydrogen-bond donors (Lipinski definition) is 1. The average molecular weight is 357 g/mol. The fourth-order valence-corrected chi connectivity index (χ4v) is 2.75. The van der Waals surface area contributed by atoms with Crippen LogP contribution in [-0.4, -0.2) is 44.9 Å². The van der Waals surface area contributed by atoms with Crippen LogP contribution in [0, 0.1) is 0 Å². The number of nitrogens with one attached hydrogen (secondary N) is 1. The maximum Gasteiger partial charge on any atom is 0.416 e. The van der Waals surface area contributed by atoms with Crippen molar-refractivity contribution in [2.75, 3.05) is 40.0 Å². The largest absolute Gasteiger partial charge is 0.497 e. The molecule has 8 heteroatoms. The fraction of sp³-hybridized carbons (Fsp3) is 0.600. The first-order chi connectivity index (χ1) is 10.5. The summed E-state index contributed by atoms with van der Waals surface area (Å²) >= 11 is 0. The van der Waals surface area contributed by atoms with Crippen LogP contribution >= 0.6 is 12.4 Å². The van der Waals surface area contributed by atoms with Gasteiger partial charge in [-0.05, 0) is 30.2 Å². The molecule has 1 aliphatic heterocycles. The molecule has 1 saturated heterocycles. The molecule has 1 aliphatic rings. The minimum Gasteiger partial charge on any atom is -0.497 e. The minimum atomic E-state index is -4.45. The molecule has 1 aromatic carbocycles. The molecular weight excluding hydrogens is 336 g/mol. The van der Waals surface area contributed by atoms with Crippen LogP contribution in [-0.2, 0) is 6.18 Å². The zero-order chi connectivity index (χ0) is 16.2. The Kier molecular flexibility index (Phi) is 7.57. The number of benzene rings is 1. The smallest absolute Gasteiger partial charge is 0.416 e. The normalized spacial score (nSPS) is 17.4. The molecule has 1 N–H and O–H groups in total. The number of halogens is 5. The second kappa shape index (κ2) is 8.70. The molecule has 1 atom stereocenters. The van der Waals surface area contributed by atoms with Crippen molar-refractivity contribution >= 4 is 12.4 Å². The lowest BCUT2D eigenvalue weighted by Gasteiger charge is -2.35. The van der Waals surface area contributed by atoms with E-state index in [1.54, 1.807) is 6.07 Å². The van der Waals surface area contributed by atoms with Gasteiger partial charge in [-0.2, -0.15) is 13.2 Å². The summed E-state index contributed by atoms with van der Waals surface area (Å²) in [7, 11) is 1.33. The van der Waals surface area contributed by atoms with E-state index in [4.69, 9.17) is 4.74 Å². The van der Waals surface area contributed by atoms with Crippen LogP contribution < -0.4 is 10.1 Å². The van der Waals surface area contributed by atoms with Crippen LogP contribution in [0.5, 0.6) is 5.75 Å². The van der Waals surface area contributed by atoms with Gasteiger partial charge in [-0.1, -0.05) is 0 Å². The lowest BCUT2D eigenvalue weighted by molar-refractivity contribution is -0.137. The van der Waals surface area contributed by atoms with Crippen LogP contribution in [0.4, 0.5) is 17.6 Å². The maximum absolute atomic E-state index is 13.0. The second-order valence-electron chi connectivity index (χ2n) is 5.27. The predicted octanol–water partition coefficient (Wildman–Crippen LogP) is 3.44. The van der Waals surface area contributed by atoms with Gasteiger partial charge in [0.05, 0.1) is 19.3 Å². The molecule has 0 spiro atoms. The van der Waals surface area contributed by atoms with Gasteiger partial charge in [0.2, 0.25) is 0 Å². The molecule has 23 heavy (non-hydrogen) atoms. The Labute approximate surface area is 139 Å². The molecule has 132 valence electrons. The van der Waals surface area contributed by atoms with E-state index < -0.39 is 18.4 Å². The highest BCUT2D eigenvalue weighted by molar-refractivity contribution is 5.85. The van der Waals surface area contributed by atoms with Crippen molar-refractivity contribution in [3.63, 3.8) is 0 Å². The molecule has 1 aromatic rings. The Balaban J connectivity index is 0.00000264. The third-order valence-electron chi connectivity index (χ3n) is 3.85. The standard InChI is InChI=1S/C15H20F4N2O.ClH/c1-22-13-9-11(8-12(10-13)15(17,18)19)14(2-3-16)21-6-4-20-5-7-21;/h8-10,14,20H,2-7H2,1H3;1H/t14-;/m0./s1. The van der Waals surface area contributed by atoms with E-state index in [1.165, 1.54) is 7.11 Å². The first-order valence-corrected chi connectivity index (χ1v) is 7.22. The lowest BCUT2D eigenvalue weighted by atomic mass is 9.98. The number of alkyl halides is 4. The van der Waals surface area contributed by atoms with Crippen LogP contribution in [0.3, 0.4) is 0 Å². The molecule has 0 saturated carbocycles. The predicted molar refractivity (Wildman–Crippen MR) is 83.0 cm³/mol. The van der Waals surface area contributed by atoms with Crippen molar-refractivity contribution in [1.29, 1.82) is 0 Å². The number of ether oxygens (including phenoxy) is 1. The Morgan fingerprint density at radius 3 is 2.39 bits per heavy atom. The van der Waals surface area contributed by atoms with Gasteiger partial charge in [-0.15, -0.1) is 12.4 Å². The molecule has 3 nitrogen and oxygen atoms in total. The van der Waals surface area contributed by atoms with E-state index in [2.05, 4.69) is 5.32 Å². The quantitative estimate of drug-likeness (QED) is 0.818. The van der Waals surface area contributed by atoms with Crippen LogP contribution in [0.25, 0.3) is 0 Å². The molecule has 0 aromatic heterocycles. The number of piperazine rings is 1. The highest BCUT2D eigenvalue weighted by Crippen LogP contribution is 2.36. The van der Waals surface area contributed by atoms with Gasteiger partial charge in [0, 0.05) is 32.2 Å². The molecule has 0 unspecified atom stereocenters. The van der Waals surface area contributed by atoms with Crippen LogP contribution in [0.15, 0.2) is 18.2 Å². The van der Waals surface area contributed by atoms with Gasteiger partial charge in [0.15, 0.2) is 0 Å². The van der Waals surface area contributed by atoms with Crippen molar-refractivity contribution in [2.45, 2.75) is 18.6 Å². The van der Waals surface area contributed by atoms with Crippen LogP contribution in [0.2, 0.25) is 0 Å². The van der Waals surface area contributed by atoms with E-state index in [9.17, 15) is 17.6 Å². The third-order valence-corrected chi connectivity index (χ3v) is 3.85. The average Bonchev–Trinajstić information content (AvgIpc) is 2.52. The van der Waals surface area contributed by atoms with E-state index in [-0.39, 0.29) is 30.6 Å². The summed E-state index contributed by atoms with van der Waals surface area (Å²) in [6, 6.07) is 3.26. The zero-order valence-electron chi connectivity index (χ0n) is 12.8. The van der Waals surface area contributed by atoms with Crippen molar-refractivity contribution < 1.29 is 22.3 Å². The summed E-state index contributed by atoms with van der Waals surface area (Å²) in [5.74, 6) is 0.142. The highest BCUT2D eigenvalue weighted by atomic mass is 35.5. The summed E-state index contributed by atoms with van der Waals surface area (Å²) in [4.78, 5) is 2.02. The third kappa shape index (κ3) is 5.22. The Hall–Kier alpha value is -1.05.